The standard InChI is InChI=1S/C27H24FN3O/c1-18-14-19(2)16-23(15-18)29-27(32)31-17-21-6-3-4-7-24(21)30-13-5-8-25(30)26(31)20-9-11-22(28)12-10-20/h3-16,26H,17H2,1-2H3,(H,29,32)/t26-/m0/s1. The molecule has 1 aliphatic rings. The van der Waals surface area contributed by atoms with Crippen LogP contribution in [0, 0.1) is 19.7 Å². The van der Waals surface area contributed by atoms with E-state index in [4.69, 9.17) is 0 Å². The molecule has 3 aromatic carbocycles. The van der Waals surface area contributed by atoms with Crippen LogP contribution >= 0.6 is 0 Å². The van der Waals surface area contributed by atoms with Gasteiger partial charge in [0.25, 0.3) is 0 Å². The fraction of sp³-hybridized carbons (Fsp3) is 0.148. The minimum atomic E-state index is -0.371. The molecule has 4 nitrogen and oxygen atoms in total. The van der Waals surface area contributed by atoms with Gasteiger partial charge in [0, 0.05) is 17.6 Å². The molecule has 0 saturated heterocycles. The molecule has 160 valence electrons. The summed E-state index contributed by atoms with van der Waals surface area (Å²) in [7, 11) is 0. The summed E-state index contributed by atoms with van der Waals surface area (Å²) in [6.07, 6.45) is 2.01. The Labute approximate surface area is 186 Å². The average molecular weight is 426 g/mol. The second kappa shape index (κ2) is 8.00. The van der Waals surface area contributed by atoms with Crippen LogP contribution in [0.3, 0.4) is 0 Å². The van der Waals surface area contributed by atoms with Gasteiger partial charge < -0.3 is 14.8 Å². The number of nitrogens with one attached hydrogen (secondary N) is 1. The van der Waals surface area contributed by atoms with E-state index < -0.39 is 0 Å². The number of para-hydroxylation sites is 1. The normalized spacial score (nSPS) is 15.0. The highest BCUT2D eigenvalue weighted by molar-refractivity contribution is 5.90. The summed E-state index contributed by atoms with van der Waals surface area (Å²) >= 11 is 0. The van der Waals surface area contributed by atoms with Gasteiger partial charge in [0.2, 0.25) is 0 Å². The first-order valence-corrected chi connectivity index (χ1v) is 10.7. The van der Waals surface area contributed by atoms with Crippen molar-refractivity contribution in [3.8, 4) is 5.69 Å². The lowest BCUT2D eigenvalue weighted by Crippen LogP contribution is -2.38. The fourth-order valence-electron chi connectivity index (χ4n) is 4.58. The van der Waals surface area contributed by atoms with E-state index in [1.807, 2.05) is 67.4 Å². The van der Waals surface area contributed by atoms with Crippen LogP contribution in [-0.2, 0) is 6.54 Å². The van der Waals surface area contributed by atoms with Crippen LogP contribution in [0.25, 0.3) is 5.69 Å². The Morgan fingerprint density at radius 1 is 0.938 bits per heavy atom. The predicted molar refractivity (Wildman–Crippen MR) is 124 cm³/mol. The highest BCUT2D eigenvalue weighted by Crippen LogP contribution is 2.37. The SMILES string of the molecule is Cc1cc(C)cc(NC(=O)N2Cc3ccccc3-n3cccc3[C@@H]2c2ccc(F)cc2)c1. The van der Waals surface area contributed by atoms with Crippen molar-refractivity contribution < 1.29 is 9.18 Å². The van der Waals surface area contributed by atoms with Gasteiger partial charge in [-0.2, -0.15) is 0 Å². The van der Waals surface area contributed by atoms with E-state index in [0.717, 1.165) is 39.3 Å². The Bertz CT molecular complexity index is 1270. The van der Waals surface area contributed by atoms with Gasteiger partial charge in [-0.3, -0.25) is 0 Å². The third kappa shape index (κ3) is 3.66. The molecule has 32 heavy (non-hydrogen) atoms. The first kappa shape index (κ1) is 20.1. The summed E-state index contributed by atoms with van der Waals surface area (Å²) in [4.78, 5) is 15.5. The zero-order valence-electron chi connectivity index (χ0n) is 18.0. The van der Waals surface area contributed by atoms with Gasteiger partial charge in [0.15, 0.2) is 0 Å². The number of nitrogens with zero attached hydrogens (tertiary/aromatic N) is 2. The van der Waals surface area contributed by atoms with Gasteiger partial charge in [-0.05, 0) is 78.6 Å². The number of hydrogen-bond acceptors (Lipinski definition) is 1. The van der Waals surface area contributed by atoms with Crippen molar-refractivity contribution in [1.82, 2.24) is 9.47 Å². The van der Waals surface area contributed by atoms with E-state index in [-0.39, 0.29) is 17.9 Å². The molecule has 0 radical (unpaired) electrons. The minimum absolute atomic E-state index is 0.200. The molecule has 1 N–H and O–H groups in total. The number of aryl methyl sites for hydroxylation is 2. The molecule has 0 aliphatic carbocycles. The van der Waals surface area contributed by atoms with Crippen LogP contribution in [0.4, 0.5) is 14.9 Å². The van der Waals surface area contributed by atoms with Crippen LogP contribution in [-0.4, -0.2) is 15.5 Å². The predicted octanol–water partition coefficient (Wildman–Crippen LogP) is 6.37. The number of amides is 2. The van der Waals surface area contributed by atoms with Crippen molar-refractivity contribution in [2.24, 2.45) is 0 Å². The highest BCUT2D eigenvalue weighted by Gasteiger charge is 2.33. The number of hydrogen-bond donors (Lipinski definition) is 1. The summed E-state index contributed by atoms with van der Waals surface area (Å²) in [6.45, 7) is 4.45. The molecule has 5 rings (SSSR count). The van der Waals surface area contributed by atoms with Crippen LogP contribution in [0.1, 0.15) is 34.0 Å². The summed E-state index contributed by atoms with van der Waals surface area (Å²) < 4.78 is 15.8. The molecule has 1 aromatic heterocycles. The molecule has 0 bridgehead atoms. The van der Waals surface area contributed by atoms with Gasteiger partial charge in [0.05, 0.1) is 18.3 Å². The second-order valence-corrected chi connectivity index (χ2v) is 8.32. The number of urea groups is 1. The number of benzene rings is 3. The summed E-state index contributed by atoms with van der Waals surface area (Å²) in [5.41, 5.74) is 6.84. The highest BCUT2D eigenvalue weighted by atomic mass is 19.1. The average Bonchev–Trinajstić information content (AvgIpc) is 3.18. The first-order valence-electron chi connectivity index (χ1n) is 10.7. The van der Waals surface area contributed by atoms with E-state index in [1.54, 1.807) is 12.1 Å². The van der Waals surface area contributed by atoms with Crippen LogP contribution in [0.2, 0.25) is 0 Å². The molecule has 2 amide bonds. The first-order chi connectivity index (χ1) is 15.5. The molecule has 5 heteroatoms. The van der Waals surface area contributed by atoms with Gasteiger partial charge >= 0.3 is 6.03 Å². The zero-order chi connectivity index (χ0) is 22.2. The van der Waals surface area contributed by atoms with Crippen LogP contribution in [0.5, 0.6) is 0 Å². The Morgan fingerprint density at radius 3 is 2.41 bits per heavy atom. The molecule has 1 aliphatic heterocycles. The number of fused-ring (bicyclic) bond motifs is 3. The van der Waals surface area contributed by atoms with E-state index in [1.165, 1.54) is 12.1 Å². The fourth-order valence-corrected chi connectivity index (χ4v) is 4.58. The van der Waals surface area contributed by atoms with Crippen LogP contribution in [0.15, 0.2) is 85.1 Å². The van der Waals surface area contributed by atoms with Gasteiger partial charge in [-0.15, -0.1) is 0 Å². The topological polar surface area (TPSA) is 37.3 Å². The Kier molecular flexibility index (Phi) is 5.02. The Hall–Kier alpha value is -3.86. The summed E-state index contributed by atoms with van der Waals surface area (Å²) in [5.74, 6) is -0.299. The van der Waals surface area contributed by atoms with Crippen LogP contribution < -0.4 is 5.32 Å². The number of anilines is 1. The van der Waals surface area contributed by atoms with Crippen molar-refractivity contribution in [3.63, 3.8) is 0 Å². The monoisotopic (exact) mass is 425 g/mol. The van der Waals surface area contributed by atoms with E-state index in [0.29, 0.717) is 6.54 Å². The van der Waals surface area contributed by atoms with E-state index >= 15 is 0 Å². The molecule has 0 unspecified atom stereocenters. The van der Waals surface area contributed by atoms with Gasteiger partial charge in [0.1, 0.15) is 5.82 Å². The molecule has 1 atom stereocenters. The second-order valence-electron chi connectivity index (χ2n) is 8.32. The number of carbonyl (C=O) groups is 1. The zero-order valence-corrected chi connectivity index (χ0v) is 18.0. The van der Waals surface area contributed by atoms with Crippen molar-refractivity contribution in [1.29, 1.82) is 0 Å². The maximum atomic E-state index is 13.7. The molecule has 0 spiro atoms. The molecule has 0 fully saturated rings. The molecular weight excluding hydrogens is 401 g/mol. The summed E-state index contributed by atoms with van der Waals surface area (Å²) in [6, 6.07) is 23.9. The maximum Gasteiger partial charge on any atom is 0.322 e. The van der Waals surface area contributed by atoms with E-state index in [9.17, 15) is 9.18 Å². The number of rotatable bonds is 2. The van der Waals surface area contributed by atoms with Gasteiger partial charge in [-0.25, -0.2) is 9.18 Å². The number of halogens is 1. The largest absolute Gasteiger partial charge is 0.322 e. The molecular formula is C27H24FN3O. The number of carbonyl (C=O) groups excluding carboxylic acids is 1. The lowest BCUT2D eigenvalue weighted by atomic mass is 10.0. The maximum absolute atomic E-state index is 13.7. The smallest absolute Gasteiger partial charge is 0.318 e. The number of aromatic nitrogens is 1. The molecule has 2 heterocycles. The van der Waals surface area contributed by atoms with Gasteiger partial charge in [-0.1, -0.05) is 36.4 Å². The summed E-state index contributed by atoms with van der Waals surface area (Å²) in [5, 5.41) is 3.09. The quantitative estimate of drug-likeness (QED) is 0.398. The Balaban J connectivity index is 1.62. The minimum Gasteiger partial charge on any atom is -0.318 e. The third-order valence-electron chi connectivity index (χ3n) is 5.88. The van der Waals surface area contributed by atoms with Crippen molar-refractivity contribution in [2.45, 2.75) is 26.4 Å². The lowest BCUT2D eigenvalue weighted by Gasteiger charge is -2.31. The molecule has 0 saturated carbocycles. The third-order valence-corrected chi connectivity index (χ3v) is 5.88. The van der Waals surface area contributed by atoms with Crippen molar-refractivity contribution >= 4 is 11.7 Å². The van der Waals surface area contributed by atoms with E-state index in [2.05, 4.69) is 22.0 Å². The van der Waals surface area contributed by atoms with Crippen molar-refractivity contribution in [3.05, 3.63) is 119 Å². The van der Waals surface area contributed by atoms with Crippen molar-refractivity contribution in [2.75, 3.05) is 5.32 Å². The lowest BCUT2D eigenvalue weighted by molar-refractivity contribution is 0.194. The molecule has 4 aromatic rings. The Morgan fingerprint density at radius 2 is 1.66 bits per heavy atom.